The first-order valence-corrected chi connectivity index (χ1v) is 10.7. The van der Waals surface area contributed by atoms with Crippen LogP contribution in [0.3, 0.4) is 0 Å². The second kappa shape index (κ2) is 8.39. The number of methoxy groups -OCH3 is 1. The molecule has 0 unspecified atom stereocenters. The number of aromatic amines is 1. The fraction of sp³-hybridized carbons (Fsp3) is 0.150. The number of primary sulfonamides is 1. The van der Waals surface area contributed by atoms with Crippen molar-refractivity contribution < 1.29 is 17.9 Å². The fourth-order valence-electron chi connectivity index (χ4n) is 2.89. The average molecular weight is 450 g/mol. The summed E-state index contributed by atoms with van der Waals surface area (Å²) in [7, 11) is -2.33. The molecule has 0 spiro atoms. The molecule has 1 heterocycles. The third kappa shape index (κ3) is 4.28. The molecule has 0 amide bonds. The van der Waals surface area contributed by atoms with E-state index in [1.54, 1.807) is 18.2 Å². The molecule has 3 N–H and O–H groups in total. The second-order valence-corrected chi connectivity index (χ2v) is 8.26. The van der Waals surface area contributed by atoms with Crippen molar-refractivity contribution in [3.05, 3.63) is 67.9 Å². The van der Waals surface area contributed by atoms with Crippen LogP contribution in [0.2, 0.25) is 5.02 Å². The molecule has 30 heavy (non-hydrogen) atoms. The highest BCUT2D eigenvalue weighted by molar-refractivity contribution is 7.89. The molecule has 0 aliphatic heterocycles. The van der Waals surface area contributed by atoms with Crippen molar-refractivity contribution in [2.75, 3.05) is 13.7 Å². The number of hydrogen-bond donors (Lipinski definition) is 2. The quantitative estimate of drug-likeness (QED) is 0.584. The highest BCUT2D eigenvalue weighted by Crippen LogP contribution is 2.36. The largest absolute Gasteiger partial charge is 0.493 e. The number of hydrogen-bond acceptors (Lipinski definition) is 5. The summed E-state index contributed by atoms with van der Waals surface area (Å²) in [5.41, 5.74) is 0.685. The minimum Gasteiger partial charge on any atom is -0.493 e. The average Bonchev–Trinajstić information content (AvgIpc) is 2.97. The summed E-state index contributed by atoms with van der Waals surface area (Å²) >= 11 is 6.30. The summed E-state index contributed by atoms with van der Waals surface area (Å²) in [5, 5.41) is 9.02. The Bertz CT molecular complexity index is 1360. The smallest absolute Gasteiger partial charge is 0.279 e. The Morgan fingerprint density at radius 3 is 2.50 bits per heavy atom. The first-order valence-electron chi connectivity index (χ1n) is 8.81. The van der Waals surface area contributed by atoms with E-state index in [1.807, 2.05) is 6.92 Å². The molecule has 0 saturated heterocycles. The van der Waals surface area contributed by atoms with Crippen molar-refractivity contribution in [3.8, 4) is 17.2 Å². The highest BCUT2D eigenvalue weighted by Gasteiger charge is 2.12. The molecule has 2 aromatic carbocycles. The molecule has 3 rings (SSSR count). The molecule has 0 bridgehead atoms. The van der Waals surface area contributed by atoms with Gasteiger partial charge in [0.25, 0.3) is 5.56 Å². The third-order valence-corrected chi connectivity index (χ3v) is 5.49. The van der Waals surface area contributed by atoms with Gasteiger partial charge < -0.3 is 9.47 Å². The van der Waals surface area contributed by atoms with Crippen molar-refractivity contribution in [1.29, 1.82) is 0 Å². The Balaban J connectivity index is 2.11. The van der Waals surface area contributed by atoms with Gasteiger partial charge in [0.05, 0.1) is 39.9 Å². The molecule has 3 aromatic rings. The Morgan fingerprint density at radius 2 is 1.93 bits per heavy atom. The Labute approximate surface area is 177 Å². The van der Waals surface area contributed by atoms with Gasteiger partial charge in [-0.15, -0.1) is 0 Å². The molecule has 158 valence electrons. The van der Waals surface area contributed by atoms with Gasteiger partial charge in [0, 0.05) is 0 Å². The predicted octanol–water partition coefficient (Wildman–Crippen LogP) is 1.11. The molecule has 0 fully saturated rings. The topological polar surface area (TPSA) is 116 Å². The number of ether oxygens (including phenoxy) is 2. The number of benzene rings is 2. The molecule has 0 radical (unpaired) electrons. The minimum absolute atomic E-state index is 0.0522. The Morgan fingerprint density at radius 1 is 1.27 bits per heavy atom. The number of H-pyrrole nitrogens is 1. The summed E-state index contributed by atoms with van der Waals surface area (Å²) in [6, 6.07) is 8.94. The van der Waals surface area contributed by atoms with Crippen LogP contribution in [0.25, 0.3) is 18.3 Å². The predicted molar refractivity (Wildman–Crippen MR) is 115 cm³/mol. The number of sulfonamides is 1. The van der Waals surface area contributed by atoms with Gasteiger partial charge in [-0.2, -0.15) is 0 Å². The summed E-state index contributed by atoms with van der Waals surface area (Å²) in [5.74, 6) is 0.866. The normalized spacial score (nSPS) is 12.2. The standard InChI is InChI=1S/C20H20ClN3O5S/c1-4-29-19-17(21)10-13(11-18(19)28-3)9-16-12(2)23-24(20(16)25)14-5-7-15(8-6-14)30(22,26)27/h5-11,23H,2,4H2,1,3H3,(H2,22,26,27)/b16-9-. The SMILES string of the molecule is C=c1[nH]n(-c2ccc(S(N)(=O)=O)cc2)c(=O)/c1=C\c1cc(Cl)c(OCC)c(OC)c1. The van der Waals surface area contributed by atoms with Gasteiger partial charge in [-0.05, 0) is 55.0 Å². The van der Waals surface area contributed by atoms with Gasteiger partial charge in [-0.25, -0.2) is 18.2 Å². The lowest BCUT2D eigenvalue weighted by molar-refractivity contribution is 0.311. The zero-order chi connectivity index (χ0) is 22.1. The molecule has 0 saturated carbocycles. The van der Waals surface area contributed by atoms with Crippen molar-refractivity contribution in [2.45, 2.75) is 11.8 Å². The van der Waals surface area contributed by atoms with Gasteiger partial charge in [0.2, 0.25) is 10.0 Å². The van der Waals surface area contributed by atoms with Crippen molar-refractivity contribution >= 4 is 34.3 Å². The van der Waals surface area contributed by atoms with Crippen LogP contribution in [0.1, 0.15) is 12.5 Å². The summed E-state index contributed by atoms with van der Waals surface area (Å²) in [4.78, 5) is 12.9. The molecule has 0 atom stereocenters. The van der Waals surface area contributed by atoms with Crippen LogP contribution < -0.4 is 30.7 Å². The summed E-state index contributed by atoms with van der Waals surface area (Å²) in [6.07, 6.45) is 1.63. The van der Waals surface area contributed by atoms with E-state index in [1.165, 1.54) is 36.1 Å². The van der Waals surface area contributed by atoms with Gasteiger partial charge in [0.15, 0.2) is 11.5 Å². The second-order valence-electron chi connectivity index (χ2n) is 6.29. The van der Waals surface area contributed by atoms with E-state index >= 15 is 0 Å². The van der Waals surface area contributed by atoms with Crippen LogP contribution in [-0.4, -0.2) is 31.9 Å². The maximum atomic E-state index is 12.9. The van der Waals surface area contributed by atoms with E-state index < -0.39 is 10.0 Å². The number of aromatic nitrogens is 2. The minimum atomic E-state index is -3.82. The molecule has 0 aliphatic rings. The van der Waals surface area contributed by atoms with Crippen LogP contribution in [0, 0.1) is 0 Å². The van der Waals surface area contributed by atoms with Crippen LogP contribution in [0.15, 0.2) is 46.1 Å². The summed E-state index contributed by atoms with van der Waals surface area (Å²) < 4.78 is 34.9. The first-order chi connectivity index (χ1) is 14.2. The Hall–Kier alpha value is -3.01. The number of nitrogens with one attached hydrogen (secondary N) is 1. The van der Waals surface area contributed by atoms with Crippen molar-refractivity contribution in [3.63, 3.8) is 0 Å². The molecular formula is C20H20ClN3O5S. The highest BCUT2D eigenvalue weighted by atomic mass is 35.5. The number of rotatable bonds is 6. The third-order valence-electron chi connectivity index (χ3n) is 4.28. The van der Waals surface area contributed by atoms with Crippen molar-refractivity contribution in [1.82, 2.24) is 9.78 Å². The summed E-state index contributed by atoms with van der Waals surface area (Å²) in [6.45, 7) is 6.14. The first kappa shape index (κ1) is 21.7. The maximum Gasteiger partial charge on any atom is 0.279 e. The monoisotopic (exact) mass is 449 g/mol. The lowest BCUT2D eigenvalue weighted by Crippen LogP contribution is -2.34. The van der Waals surface area contributed by atoms with E-state index in [0.29, 0.717) is 44.9 Å². The van der Waals surface area contributed by atoms with E-state index in [9.17, 15) is 13.2 Å². The van der Waals surface area contributed by atoms with Crippen molar-refractivity contribution in [2.24, 2.45) is 5.14 Å². The van der Waals surface area contributed by atoms with Gasteiger partial charge >= 0.3 is 0 Å². The Kier molecular flexibility index (Phi) is 6.06. The fourth-order valence-corrected chi connectivity index (χ4v) is 3.67. The van der Waals surface area contributed by atoms with Gasteiger partial charge in [-0.3, -0.25) is 9.89 Å². The van der Waals surface area contributed by atoms with Crippen LogP contribution >= 0.6 is 11.6 Å². The molecule has 10 heteroatoms. The number of halogens is 1. The zero-order valence-electron chi connectivity index (χ0n) is 16.3. The van der Waals surface area contributed by atoms with Crippen LogP contribution in [-0.2, 0) is 10.0 Å². The molecular weight excluding hydrogens is 430 g/mol. The van der Waals surface area contributed by atoms with E-state index in [-0.39, 0.29) is 10.5 Å². The van der Waals surface area contributed by atoms with E-state index in [4.69, 9.17) is 26.2 Å². The molecule has 8 nitrogen and oxygen atoms in total. The van der Waals surface area contributed by atoms with Crippen LogP contribution in [0.5, 0.6) is 11.5 Å². The molecule has 1 aromatic heterocycles. The zero-order valence-corrected chi connectivity index (χ0v) is 17.9. The number of nitrogens with two attached hydrogens (primary N) is 1. The lowest BCUT2D eigenvalue weighted by atomic mass is 10.1. The van der Waals surface area contributed by atoms with E-state index in [2.05, 4.69) is 11.7 Å². The van der Waals surface area contributed by atoms with E-state index in [0.717, 1.165) is 0 Å². The van der Waals surface area contributed by atoms with Crippen LogP contribution in [0.4, 0.5) is 0 Å². The van der Waals surface area contributed by atoms with Gasteiger partial charge in [-0.1, -0.05) is 18.2 Å². The molecule has 0 aliphatic carbocycles. The number of nitrogens with zero attached hydrogens (tertiary/aromatic N) is 1. The maximum absolute atomic E-state index is 12.9. The van der Waals surface area contributed by atoms with Gasteiger partial charge in [0.1, 0.15) is 0 Å². The lowest BCUT2D eigenvalue weighted by Gasteiger charge is -2.11.